The van der Waals surface area contributed by atoms with E-state index in [9.17, 15) is 48.6 Å². The van der Waals surface area contributed by atoms with Gasteiger partial charge >= 0.3 is 11.9 Å². The zero-order valence-electron chi connectivity index (χ0n) is 39.5. The van der Waals surface area contributed by atoms with Crippen LogP contribution < -0.4 is 32.3 Å². The van der Waals surface area contributed by atoms with Crippen molar-refractivity contribution in [1.82, 2.24) is 31.5 Å². The van der Waals surface area contributed by atoms with E-state index in [1.165, 1.54) is 4.90 Å². The summed E-state index contributed by atoms with van der Waals surface area (Å²) in [6.45, 7) is 1.75. The van der Waals surface area contributed by atoms with Crippen LogP contribution in [0.3, 0.4) is 0 Å². The van der Waals surface area contributed by atoms with Crippen LogP contribution >= 0.6 is 0 Å². The molecule has 0 radical (unpaired) electrons. The molecule has 0 saturated carbocycles. The topological polar surface area (TPSA) is 277 Å². The van der Waals surface area contributed by atoms with Crippen molar-refractivity contribution < 1.29 is 59.0 Å². The van der Waals surface area contributed by atoms with E-state index in [1.54, 1.807) is 48.5 Å². The van der Waals surface area contributed by atoms with E-state index < -0.39 is 70.8 Å². The summed E-state index contributed by atoms with van der Waals surface area (Å²) in [5.74, 6) is -7.35. The summed E-state index contributed by atoms with van der Waals surface area (Å²) in [4.78, 5) is 108. The summed E-state index contributed by atoms with van der Waals surface area (Å²) in [6, 6.07) is 28.6. The first kappa shape index (κ1) is 52.7. The Hall–Kier alpha value is -7.70. The number of benzene rings is 4. The molecule has 1 saturated heterocycles. The van der Waals surface area contributed by atoms with E-state index >= 15 is 0 Å². The SMILES string of the molecule is [NH3+]CCOCCNC(=O)[C@@H]1CCNC(=O)/C=C/C(=O)N2CCC[C@](Cc3ccccc3)(C2)C(=O)N[C@@H](Cc2ccc(-c3ccc(CC(C(=O)O)C(=O)O)cc3)cc2)C(=O)NCc2ccccc2CC(=O)N1. The predicted octanol–water partition coefficient (Wildman–Crippen LogP) is 1.35. The Morgan fingerprint density at radius 3 is 2.11 bits per heavy atom. The third-order valence-corrected chi connectivity index (χ3v) is 12.6. The van der Waals surface area contributed by atoms with E-state index in [-0.39, 0.29) is 64.9 Å². The first-order valence-electron chi connectivity index (χ1n) is 23.8. The van der Waals surface area contributed by atoms with Gasteiger partial charge in [-0.25, -0.2) is 0 Å². The summed E-state index contributed by atoms with van der Waals surface area (Å²) < 4.78 is 5.43. The van der Waals surface area contributed by atoms with Gasteiger partial charge in [0.1, 0.15) is 12.1 Å². The number of aliphatic carboxylic acids is 2. The molecule has 18 nitrogen and oxygen atoms in total. The van der Waals surface area contributed by atoms with E-state index in [4.69, 9.17) is 4.74 Å². The highest BCUT2D eigenvalue weighted by molar-refractivity contribution is 5.98. The van der Waals surface area contributed by atoms with E-state index in [0.717, 1.165) is 28.8 Å². The van der Waals surface area contributed by atoms with Gasteiger partial charge in [0.25, 0.3) is 0 Å². The molecule has 4 aromatic rings. The number of nitrogens with zero attached hydrogens (tertiary/aromatic N) is 1. The molecule has 10 N–H and O–H groups in total. The molecule has 4 aromatic carbocycles. The molecule has 18 heteroatoms. The summed E-state index contributed by atoms with van der Waals surface area (Å²) in [7, 11) is 0. The number of carboxylic acids is 2. The lowest BCUT2D eigenvalue weighted by Crippen LogP contribution is -2.58. The smallest absolute Gasteiger partial charge is 0.318 e. The van der Waals surface area contributed by atoms with Crippen molar-refractivity contribution in [3.63, 3.8) is 0 Å². The third kappa shape index (κ3) is 15.4. The molecule has 2 aliphatic rings. The second-order valence-corrected chi connectivity index (χ2v) is 17.8. The number of fused-ring (bicyclic) bond motifs is 3. The third-order valence-electron chi connectivity index (χ3n) is 12.6. The average molecular weight is 973 g/mol. The standard InChI is InChI=1S/C53H61N7O11/c54-23-27-71-28-25-56-48(64)43-21-24-55-45(61)19-20-47(63)60-26-6-22-53(34-60,32-37-7-2-1-3-8-37)52(70)59-44(49(65)57-33-41-10-5-4-9-40(41)31-46(62)58-43)30-36-13-17-39(18-14-36)38-15-11-35(12-16-38)29-42(50(66)67)51(68)69/h1-5,7-20,42-44H,6,21-34,54H2,(H,55,61)(H,56,64)(H,57,65)(H,58,62)(H,59,70)(H,66,67)(H,68,69)/p+1/b20-19+/t43-,44-,53-/m0/s1. The van der Waals surface area contributed by atoms with Gasteiger partial charge in [-0.1, -0.05) is 103 Å². The van der Waals surface area contributed by atoms with Crippen molar-refractivity contribution >= 4 is 47.4 Å². The highest BCUT2D eigenvalue weighted by Crippen LogP contribution is 2.35. The number of carbonyl (C=O) groups excluding carboxylic acids is 6. The highest BCUT2D eigenvalue weighted by Gasteiger charge is 2.44. The molecule has 0 aromatic heterocycles. The Balaban J connectivity index is 1.29. The molecular weight excluding hydrogens is 911 g/mol. The predicted molar refractivity (Wildman–Crippen MR) is 261 cm³/mol. The van der Waals surface area contributed by atoms with E-state index in [1.807, 2.05) is 54.6 Å². The monoisotopic (exact) mass is 972 g/mol. The molecule has 71 heavy (non-hydrogen) atoms. The number of amides is 6. The number of rotatable bonds is 15. The van der Waals surface area contributed by atoms with Crippen molar-refractivity contribution in [3.8, 4) is 11.1 Å². The molecule has 3 atom stereocenters. The van der Waals surface area contributed by atoms with E-state index in [0.29, 0.717) is 54.8 Å². The average Bonchev–Trinajstić information content (AvgIpc) is 3.36. The maximum absolute atomic E-state index is 15.0. The molecular formula is C53H62N7O11+. The fourth-order valence-corrected chi connectivity index (χ4v) is 8.78. The minimum absolute atomic E-state index is 0.00370. The molecule has 0 unspecified atom stereocenters. The maximum Gasteiger partial charge on any atom is 0.318 e. The fourth-order valence-electron chi connectivity index (χ4n) is 8.78. The number of piperidine rings is 1. The second kappa shape index (κ2) is 25.8. The van der Waals surface area contributed by atoms with E-state index in [2.05, 4.69) is 32.3 Å². The number of hydrogen-bond acceptors (Lipinski definition) is 9. The van der Waals surface area contributed by atoms with Gasteiger partial charge in [-0.3, -0.25) is 38.4 Å². The quantitative estimate of drug-likeness (QED) is 0.0622. The Morgan fingerprint density at radius 2 is 1.44 bits per heavy atom. The fraction of sp³-hybridized carbons (Fsp3) is 0.358. The molecule has 0 spiro atoms. The molecule has 374 valence electrons. The Bertz CT molecular complexity index is 2540. The number of carbonyl (C=O) groups is 8. The van der Waals surface area contributed by atoms with Crippen LogP contribution in [0, 0.1) is 11.3 Å². The van der Waals surface area contributed by atoms with Crippen LogP contribution in [0.4, 0.5) is 0 Å². The number of ether oxygens (including phenoxy) is 1. The maximum atomic E-state index is 15.0. The Kier molecular flexibility index (Phi) is 19.1. The highest BCUT2D eigenvalue weighted by atomic mass is 16.5. The van der Waals surface area contributed by atoms with Crippen molar-refractivity contribution in [2.45, 2.75) is 63.6 Å². The molecule has 2 heterocycles. The number of carboxylic acid groups (broad SMARTS) is 2. The van der Waals surface area contributed by atoms with Crippen LogP contribution in [0.1, 0.15) is 47.1 Å². The van der Waals surface area contributed by atoms with Gasteiger partial charge < -0.3 is 52.2 Å². The Morgan fingerprint density at radius 1 is 0.775 bits per heavy atom. The van der Waals surface area contributed by atoms with Crippen LogP contribution in [-0.2, 0) is 75.3 Å². The van der Waals surface area contributed by atoms with Gasteiger partial charge in [0.05, 0.1) is 31.6 Å². The molecule has 1 fully saturated rings. The molecule has 0 aliphatic carbocycles. The van der Waals surface area contributed by atoms with Gasteiger partial charge in [0.2, 0.25) is 35.4 Å². The Labute approximate surface area is 411 Å². The zero-order valence-corrected chi connectivity index (χ0v) is 39.5. The molecule has 6 rings (SSSR count). The normalized spacial score (nSPS) is 19.9. The van der Waals surface area contributed by atoms with Gasteiger partial charge in [0.15, 0.2) is 5.92 Å². The van der Waals surface area contributed by atoms with Crippen LogP contribution in [-0.4, -0.2) is 121 Å². The largest absolute Gasteiger partial charge is 0.481 e. The van der Waals surface area contributed by atoms with Crippen molar-refractivity contribution in [2.24, 2.45) is 11.3 Å². The van der Waals surface area contributed by atoms with Gasteiger partial charge in [0, 0.05) is 51.3 Å². The number of nitrogens with one attached hydrogen (secondary N) is 5. The van der Waals surface area contributed by atoms with Crippen molar-refractivity contribution in [2.75, 3.05) is 45.9 Å². The van der Waals surface area contributed by atoms with Crippen LogP contribution in [0.25, 0.3) is 11.1 Å². The first-order chi connectivity index (χ1) is 34.2. The lowest BCUT2D eigenvalue weighted by molar-refractivity contribution is -0.374. The molecule has 2 bridgehead atoms. The summed E-state index contributed by atoms with van der Waals surface area (Å²) in [5, 5.41) is 33.0. The minimum atomic E-state index is -1.57. The lowest BCUT2D eigenvalue weighted by atomic mass is 9.74. The number of hydrogen-bond donors (Lipinski definition) is 8. The van der Waals surface area contributed by atoms with Crippen LogP contribution in [0.2, 0.25) is 0 Å². The summed E-state index contributed by atoms with van der Waals surface area (Å²) in [5.41, 5.74) is 7.48. The second-order valence-electron chi connectivity index (χ2n) is 17.8. The van der Waals surface area contributed by atoms with Gasteiger partial charge in [-0.2, -0.15) is 0 Å². The molecule has 6 amide bonds. The van der Waals surface area contributed by atoms with Crippen molar-refractivity contribution in [3.05, 3.63) is 143 Å². The lowest BCUT2D eigenvalue weighted by Gasteiger charge is -2.42. The molecule has 2 aliphatic heterocycles. The van der Waals surface area contributed by atoms with Crippen LogP contribution in [0.5, 0.6) is 0 Å². The van der Waals surface area contributed by atoms with Crippen LogP contribution in [0.15, 0.2) is 115 Å². The summed E-state index contributed by atoms with van der Waals surface area (Å²) >= 11 is 0. The van der Waals surface area contributed by atoms with Gasteiger partial charge in [-0.05, 0) is 71.0 Å². The van der Waals surface area contributed by atoms with Crippen molar-refractivity contribution in [1.29, 1.82) is 0 Å². The minimum Gasteiger partial charge on any atom is -0.481 e. The van der Waals surface area contributed by atoms with Gasteiger partial charge in [-0.15, -0.1) is 0 Å². The first-order valence-corrected chi connectivity index (χ1v) is 23.8. The summed E-state index contributed by atoms with van der Waals surface area (Å²) in [6.07, 6.45) is 3.18. The zero-order chi connectivity index (χ0) is 50.8. The number of quaternary nitrogens is 1.